The van der Waals surface area contributed by atoms with E-state index in [1.165, 1.54) is 6.92 Å². The summed E-state index contributed by atoms with van der Waals surface area (Å²) in [4.78, 5) is 29.4. The van der Waals surface area contributed by atoms with E-state index in [9.17, 15) is 9.59 Å². The number of methoxy groups -OCH3 is 2. The zero-order valence-electron chi connectivity index (χ0n) is 18.8. The lowest BCUT2D eigenvalue weighted by atomic mass is 9.87. The smallest absolute Gasteiger partial charge is 0.303 e. The molecule has 31 heavy (non-hydrogen) atoms. The van der Waals surface area contributed by atoms with E-state index < -0.39 is 12.1 Å². The highest BCUT2D eigenvalue weighted by Crippen LogP contribution is 2.40. The monoisotopic (exact) mass is 426 g/mol. The van der Waals surface area contributed by atoms with Crippen LogP contribution >= 0.6 is 0 Å². The molecular formula is C24H30N2O5. The maximum Gasteiger partial charge on any atom is 0.303 e. The molecule has 0 bridgehead atoms. The average molecular weight is 427 g/mol. The van der Waals surface area contributed by atoms with Gasteiger partial charge in [0, 0.05) is 31.5 Å². The van der Waals surface area contributed by atoms with Crippen LogP contribution in [-0.4, -0.2) is 64.3 Å². The van der Waals surface area contributed by atoms with Crippen molar-refractivity contribution >= 4 is 17.6 Å². The van der Waals surface area contributed by atoms with E-state index in [4.69, 9.17) is 14.2 Å². The van der Waals surface area contributed by atoms with Gasteiger partial charge in [-0.15, -0.1) is 0 Å². The van der Waals surface area contributed by atoms with Crippen LogP contribution in [0.25, 0.3) is 0 Å². The van der Waals surface area contributed by atoms with Crippen LogP contribution in [0.1, 0.15) is 24.0 Å². The van der Waals surface area contributed by atoms with Gasteiger partial charge in [0.2, 0.25) is 0 Å². The van der Waals surface area contributed by atoms with Gasteiger partial charge < -0.3 is 24.0 Å². The Morgan fingerprint density at radius 3 is 2.39 bits per heavy atom. The number of amides is 1. The largest absolute Gasteiger partial charge is 0.497 e. The first-order chi connectivity index (χ1) is 14.8. The number of carbonyl (C=O) groups excluding carboxylic acids is 2. The number of fused-ring (bicyclic) bond motifs is 1. The number of esters is 1. The Bertz CT molecular complexity index is 926. The van der Waals surface area contributed by atoms with Crippen LogP contribution in [0.3, 0.4) is 0 Å². The van der Waals surface area contributed by atoms with Crippen molar-refractivity contribution in [3.05, 3.63) is 53.6 Å². The van der Waals surface area contributed by atoms with Gasteiger partial charge in [-0.3, -0.25) is 9.59 Å². The lowest BCUT2D eigenvalue weighted by molar-refractivity contribution is -0.154. The molecule has 7 nitrogen and oxygen atoms in total. The average Bonchev–Trinajstić information content (AvgIpc) is 2.86. The van der Waals surface area contributed by atoms with Gasteiger partial charge in [0.1, 0.15) is 11.5 Å². The fourth-order valence-corrected chi connectivity index (χ4v) is 3.96. The van der Waals surface area contributed by atoms with Crippen molar-refractivity contribution in [1.82, 2.24) is 4.90 Å². The van der Waals surface area contributed by atoms with Crippen molar-refractivity contribution in [3.8, 4) is 11.5 Å². The molecule has 0 aliphatic carbocycles. The van der Waals surface area contributed by atoms with Crippen molar-refractivity contribution in [2.24, 2.45) is 0 Å². The molecule has 1 aliphatic heterocycles. The summed E-state index contributed by atoms with van der Waals surface area (Å²) in [5, 5.41) is 0. The molecule has 0 radical (unpaired) electrons. The van der Waals surface area contributed by atoms with E-state index >= 15 is 0 Å². The third-order valence-corrected chi connectivity index (χ3v) is 5.53. The fraction of sp³-hybridized carbons (Fsp3) is 0.417. The Hall–Kier alpha value is -3.06. The molecule has 0 spiro atoms. The van der Waals surface area contributed by atoms with E-state index in [-0.39, 0.29) is 11.8 Å². The molecule has 0 saturated heterocycles. The van der Waals surface area contributed by atoms with Crippen LogP contribution in [0.4, 0.5) is 5.69 Å². The summed E-state index contributed by atoms with van der Waals surface area (Å²) in [6.07, 6.45) is -0.446. The van der Waals surface area contributed by atoms with Gasteiger partial charge in [0.15, 0.2) is 6.10 Å². The summed E-state index contributed by atoms with van der Waals surface area (Å²) >= 11 is 0. The molecule has 3 rings (SSSR count). The van der Waals surface area contributed by atoms with E-state index in [1.807, 2.05) is 61.5 Å². The van der Waals surface area contributed by atoms with Gasteiger partial charge >= 0.3 is 5.97 Å². The minimum atomic E-state index is -0.940. The van der Waals surface area contributed by atoms with Gasteiger partial charge in [-0.05, 0) is 50.3 Å². The minimum absolute atomic E-state index is 0.232. The number of anilines is 1. The maximum atomic E-state index is 13.7. The number of rotatable bonds is 7. The zero-order valence-corrected chi connectivity index (χ0v) is 18.8. The predicted octanol–water partition coefficient (Wildman–Crippen LogP) is 2.87. The fourth-order valence-electron chi connectivity index (χ4n) is 3.96. The summed E-state index contributed by atoms with van der Waals surface area (Å²) in [7, 11) is 7.14. The van der Waals surface area contributed by atoms with E-state index in [0.717, 1.165) is 22.6 Å². The highest BCUT2D eigenvalue weighted by molar-refractivity contribution is 6.00. The third-order valence-electron chi connectivity index (χ3n) is 5.53. The Balaban J connectivity index is 2.14. The van der Waals surface area contributed by atoms with Crippen LogP contribution in [0.5, 0.6) is 11.5 Å². The van der Waals surface area contributed by atoms with Crippen molar-refractivity contribution in [2.75, 3.05) is 46.3 Å². The molecule has 166 valence electrons. The quantitative estimate of drug-likeness (QED) is 0.635. The second kappa shape index (κ2) is 9.83. The molecule has 0 saturated carbocycles. The first kappa shape index (κ1) is 22.6. The molecule has 7 heteroatoms. The van der Waals surface area contributed by atoms with Crippen molar-refractivity contribution in [2.45, 2.75) is 25.4 Å². The van der Waals surface area contributed by atoms with Crippen LogP contribution in [0, 0.1) is 0 Å². The molecule has 2 aromatic rings. The summed E-state index contributed by atoms with van der Waals surface area (Å²) < 4.78 is 16.5. The van der Waals surface area contributed by atoms with Crippen molar-refractivity contribution in [1.29, 1.82) is 0 Å². The highest BCUT2D eigenvalue weighted by Gasteiger charge is 2.41. The first-order valence-electron chi connectivity index (χ1n) is 10.3. The van der Waals surface area contributed by atoms with Gasteiger partial charge in [-0.1, -0.05) is 18.2 Å². The Morgan fingerprint density at radius 1 is 1.10 bits per heavy atom. The zero-order chi connectivity index (χ0) is 22.5. The molecule has 0 fully saturated rings. The number of nitrogens with zero attached hydrogens (tertiary/aromatic N) is 2. The van der Waals surface area contributed by atoms with Crippen LogP contribution < -0.4 is 14.4 Å². The van der Waals surface area contributed by atoms with E-state index in [1.54, 1.807) is 19.1 Å². The topological polar surface area (TPSA) is 68.3 Å². The number of carbonyl (C=O) groups is 2. The molecule has 2 atom stereocenters. The van der Waals surface area contributed by atoms with Crippen LogP contribution in [0.2, 0.25) is 0 Å². The predicted molar refractivity (Wildman–Crippen MR) is 119 cm³/mol. The number of hydrogen-bond donors (Lipinski definition) is 0. The summed E-state index contributed by atoms with van der Waals surface area (Å²) in [6, 6.07) is 13.2. The summed E-state index contributed by atoms with van der Waals surface area (Å²) in [6.45, 7) is 2.47. The molecular weight excluding hydrogens is 396 g/mol. The van der Waals surface area contributed by atoms with Crippen molar-refractivity contribution in [3.63, 3.8) is 0 Å². The maximum absolute atomic E-state index is 13.7. The molecule has 0 unspecified atom stereocenters. The standard InChI is InChI=1S/C24H30N2O5/c1-16(27)31-23-19(17-9-11-18(29-4)12-10-17)15-20-21(7-6-8-22(20)30-5)26(24(23)28)14-13-25(2)3/h6-12,19,23H,13-15H2,1-5H3/t19-,23+/m0/s1. The van der Waals surface area contributed by atoms with Crippen molar-refractivity contribution < 1.29 is 23.8 Å². The third kappa shape index (κ3) is 4.99. The van der Waals surface area contributed by atoms with E-state index in [0.29, 0.717) is 25.3 Å². The molecule has 0 aromatic heterocycles. The number of likely N-dealkylation sites (N-methyl/N-ethyl adjacent to an activating group) is 1. The number of benzene rings is 2. The lowest BCUT2D eigenvalue weighted by Gasteiger charge is -2.29. The van der Waals surface area contributed by atoms with Crippen LogP contribution in [0.15, 0.2) is 42.5 Å². The molecule has 1 heterocycles. The summed E-state index contributed by atoms with van der Waals surface area (Å²) in [5.74, 6) is 0.356. The molecule has 0 N–H and O–H groups in total. The Kier molecular flexibility index (Phi) is 7.17. The van der Waals surface area contributed by atoms with Gasteiger partial charge in [-0.25, -0.2) is 0 Å². The van der Waals surface area contributed by atoms with Gasteiger partial charge in [-0.2, -0.15) is 0 Å². The number of hydrogen-bond acceptors (Lipinski definition) is 6. The molecule has 1 amide bonds. The van der Waals surface area contributed by atoms with E-state index in [2.05, 4.69) is 0 Å². The Morgan fingerprint density at radius 2 is 1.81 bits per heavy atom. The van der Waals surface area contributed by atoms with Gasteiger partial charge in [0.25, 0.3) is 5.91 Å². The molecule has 2 aromatic carbocycles. The number of ether oxygens (including phenoxy) is 3. The normalized spacial score (nSPS) is 18.4. The SMILES string of the molecule is COc1ccc([C@@H]2Cc3c(OC)cccc3N(CCN(C)C)C(=O)[C@@H]2OC(C)=O)cc1. The molecule has 1 aliphatic rings. The second-order valence-corrected chi connectivity index (χ2v) is 7.86. The highest BCUT2D eigenvalue weighted by atomic mass is 16.5. The van der Waals surface area contributed by atoms with Crippen LogP contribution in [-0.2, 0) is 20.7 Å². The second-order valence-electron chi connectivity index (χ2n) is 7.86. The first-order valence-corrected chi connectivity index (χ1v) is 10.3. The summed E-state index contributed by atoms with van der Waals surface area (Å²) in [5.41, 5.74) is 2.61. The van der Waals surface area contributed by atoms with Gasteiger partial charge in [0.05, 0.1) is 19.9 Å². The Labute approximate surface area is 183 Å². The minimum Gasteiger partial charge on any atom is -0.497 e. The lowest BCUT2D eigenvalue weighted by Crippen LogP contribution is -2.45.